The SMILES string of the molecule is CN(CCCC(=O)O)C(=O)COc1ccc2cc(Br)ccc2c1. The van der Waals surface area contributed by atoms with E-state index in [1.54, 1.807) is 7.05 Å². The molecule has 2 aromatic rings. The van der Waals surface area contributed by atoms with Crippen LogP contribution in [0.2, 0.25) is 0 Å². The Kier molecular flexibility index (Phi) is 5.98. The minimum absolute atomic E-state index is 0.0543. The first-order valence-electron chi connectivity index (χ1n) is 7.23. The van der Waals surface area contributed by atoms with Crippen molar-refractivity contribution in [2.24, 2.45) is 0 Å². The molecule has 0 fully saturated rings. The van der Waals surface area contributed by atoms with Gasteiger partial charge >= 0.3 is 5.97 Å². The van der Waals surface area contributed by atoms with Crippen LogP contribution in [0.4, 0.5) is 0 Å². The normalized spacial score (nSPS) is 10.5. The summed E-state index contributed by atoms with van der Waals surface area (Å²) in [5.74, 6) is -0.400. The zero-order chi connectivity index (χ0) is 16.8. The van der Waals surface area contributed by atoms with E-state index in [2.05, 4.69) is 15.9 Å². The maximum atomic E-state index is 11.9. The molecule has 0 aliphatic carbocycles. The minimum Gasteiger partial charge on any atom is -0.484 e. The summed E-state index contributed by atoms with van der Waals surface area (Å²) in [5, 5.41) is 10.7. The van der Waals surface area contributed by atoms with Crippen LogP contribution in [0.3, 0.4) is 0 Å². The van der Waals surface area contributed by atoms with Crippen LogP contribution in [0.1, 0.15) is 12.8 Å². The number of ether oxygens (including phenoxy) is 1. The van der Waals surface area contributed by atoms with Crippen LogP contribution in [0, 0.1) is 0 Å². The lowest BCUT2D eigenvalue weighted by Crippen LogP contribution is -2.32. The maximum absolute atomic E-state index is 11.9. The zero-order valence-corrected chi connectivity index (χ0v) is 14.4. The number of carboxylic acid groups (broad SMARTS) is 1. The van der Waals surface area contributed by atoms with Crippen molar-refractivity contribution in [3.63, 3.8) is 0 Å². The molecular weight excluding hydrogens is 362 g/mol. The van der Waals surface area contributed by atoms with Crippen LogP contribution in [0.5, 0.6) is 5.75 Å². The van der Waals surface area contributed by atoms with Gasteiger partial charge < -0.3 is 14.7 Å². The Labute approximate surface area is 143 Å². The molecule has 0 atom stereocenters. The first-order valence-corrected chi connectivity index (χ1v) is 8.03. The molecule has 122 valence electrons. The molecule has 0 aliphatic heterocycles. The highest BCUT2D eigenvalue weighted by Crippen LogP contribution is 2.24. The Bertz CT molecular complexity index is 717. The van der Waals surface area contributed by atoms with Gasteiger partial charge in [0.2, 0.25) is 0 Å². The van der Waals surface area contributed by atoms with Gasteiger partial charge in [-0.3, -0.25) is 9.59 Å². The summed E-state index contributed by atoms with van der Waals surface area (Å²) in [7, 11) is 1.64. The van der Waals surface area contributed by atoms with Crippen LogP contribution in [-0.2, 0) is 9.59 Å². The van der Waals surface area contributed by atoms with Gasteiger partial charge in [-0.25, -0.2) is 0 Å². The van der Waals surface area contributed by atoms with Gasteiger partial charge in [0.15, 0.2) is 6.61 Å². The molecule has 1 N–H and O–H groups in total. The number of likely N-dealkylation sites (N-methyl/N-ethyl adjacent to an activating group) is 1. The van der Waals surface area contributed by atoms with Crippen molar-refractivity contribution in [1.82, 2.24) is 4.90 Å². The summed E-state index contributed by atoms with van der Waals surface area (Å²) in [5.41, 5.74) is 0. The molecule has 0 heterocycles. The average Bonchev–Trinajstić information content (AvgIpc) is 2.52. The summed E-state index contributed by atoms with van der Waals surface area (Å²) >= 11 is 3.43. The highest BCUT2D eigenvalue weighted by molar-refractivity contribution is 9.10. The molecule has 0 saturated heterocycles. The number of aliphatic carboxylic acids is 1. The highest BCUT2D eigenvalue weighted by Gasteiger charge is 2.10. The summed E-state index contributed by atoms with van der Waals surface area (Å²) in [6, 6.07) is 11.6. The quantitative estimate of drug-likeness (QED) is 0.801. The molecule has 2 rings (SSSR count). The third-order valence-corrected chi connectivity index (χ3v) is 3.94. The number of nitrogens with zero attached hydrogens (tertiary/aromatic N) is 1. The van der Waals surface area contributed by atoms with Gasteiger partial charge in [-0.05, 0) is 41.5 Å². The summed E-state index contributed by atoms with van der Waals surface area (Å²) in [6.45, 7) is 0.339. The van der Waals surface area contributed by atoms with E-state index in [0.717, 1.165) is 15.2 Å². The Morgan fingerprint density at radius 1 is 1.17 bits per heavy atom. The molecule has 5 nitrogen and oxygen atoms in total. The molecule has 0 spiro atoms. The number of benzene rings is 2. The Morgan fingerprint density at radius 3 is 2.61 bits per heavy atom. The topological polar surface area (TPSA) is 66.8 Å². The molecule has 2 aromatic carbocycles. The molecular formula is C17H18BrNO4. The van der Waals surface area contributed by atoms with Crippen molar-refractivity contribution in [1.29, 1.82) is 0 Å². The molecule has 1 amide bonds. The molecule has 6 heteroatoms. The van der Waals surface area contributed by atoms with E-state index in [-0.39, 0.29) is 18.9 Å². The smallest absolute Gasteiger partial charge is 0.303 e. The number of amides is 1. The lowest BCUT2D eigenvalue weighted by Gasteiger charge is -2.17. The molecule has 0 aromatic heterocycles. The van der Waals surface area contributed by atoms with Crippen molar-refractivity contribution < 1.29 is 19.4 Å². The Morgan fingerprint density at radius 2 is 1.87 bits per heavy atom. The van der Waals surface area contributed by atoms with Crippen molar-refractivity contribution in [3.8, 4) is 5.75 Å². The second-order valence-corrected chi connectivity index (χ2v) is 6.17. The van der Waals surface area contributed by atoms with Crippen molar-refractivity contribution in [2.75, 3.05) is 20.2 Å². The number of carbonyl (C=O) groups is 2. The van der Waals surface area contributed by atoms with E-state index < -0.39 is 5.97 Å². The lowest BCUT2D eigenvalue weighted by molar-refractivity contribution is -0.138. The van der Waals surface area contributed by atoms with Gasteiger partial charge in [-0.2, -0.15) is 0 Å². The van der Waals surface area contributed by atoms with E-state index in [1.165, 1.54) is 4.90 Å². The van der Waals surface area contributed by atoms with Gasteiger partial charge in [0, 0.05) is 24.5 Å². The van der Waals surface area contributed by atoms with Crippen LogP contribution in [-0.4, -0.2) is 42.1 Å². The van der Waals surface area contributed by atoms with E-state index in [4.69, 9.17) is 9.84 Å². The first-order chi connectivity index (χ1) is 11.0. The molecule has 0 saturated carbocycles. The monoisotopic (exact) mass is 379 g/mol. The number of carboxylic acids is 1. The predicted molar refractivity (Wildman–Crippen MR) is 91.6 cm³/mol. The van der Waals surface area contributed by atoms with Gasteiger partial charge in [0.05, 0.1) is 0 Å². The fraction of sp³-hybridized carbons (Fsp3) is 0.294. The summed E-state index contributed by atoms with van der Waals surface area (Å²) < 4.78 is 6.55. The standard InChI is InChI=1S/C17H18BrNO4/c1-19(8-2-3-17(21)22)16(20)11-23-15-7-5-12-9-14(18)6-4-13(12)10-15/h4-7,9-10H,2-3,8,11H2,1H3,(H,21,22). The van der Waals surface area contributed by atoms with Crippen molar-refractivity contribution >= 4 is 38.6 Å². The fourth-order valence-electron chi connectivity index (χ4n) is 2.13. The second kappa shape index (κ2) is 7.97. The molecule has 0 radical (unpaired) electrons. The highest BCUT2D eigenvalue weighted by atomic mass is 79.9. The maximum Gasteiger partial charge on any atom is 0.303 e. The van der Waals surface area contributed by atoms with Crippen LogP contribution in [0.15, 0.2) is 40.9 Å². The third-order valence-electron chi connectivity index (χ3n) is 3.45. The second-order valence-electron chi connectivity index (χ2n) is 5.25. The van der Waals surface area contributed by atoms with Gasteiger partial charge in [0.25, 0.3) is 5.91 Å². The van der Waals surface area contributed by atoms with Gasteiger partial charge in [-0.15, -0.1) is 0 Å². The number of carbonyl (C=O) groups excluding carboxylic acids is 1. The van der Waals surface area contributed by atoms with Crippen LogP contribution in [0.25, 0.3) is 10.8 Å². The fourth-order valence-corrected chi connectivity index (χ4v) is 2.51. The third kappa shape index (κ3) is 5.25. The van der Waals surface area contributed by atoms with E-state index in [0.29, 0.717) is 18.7 Å². The summed E-state index contributed by atoms with van der Waals surface area (Å²) in [4.78, 5) is 23.9. The number of rotatable bonds is 7. The number of hydrogen-bond donors (Lipinski definition) is 1. The van der Waals surface area contributed by atoms with E-state index in [1.807, 2.05) is 36.4 Å². The largest absolute Gasteiger partial charge is 0.484 e. The van der Waals surface area contributed by atoms with E-state index >= 15 is 0 Å². The van der Waals surface area contributed by atoms with Crippen LogP contribution >= 0.6 is 15.9 Å². The number of fused-ring (bicyclic) bond motifs is 1. The number of halogens is 1. The number of hydrogen-bond acceptors (Lipinski definition) is 3. The van der Waals surface area contributed by atoms with Gasteiger partial charge in [-0.1, -0.05) is 28.1 Å². The molecule has 0 aliphatic rings. The molecule has 0 unspecified atom stereocenters. The van der Waals surface area contributed by atoms with Crippen molar-refractivity contribution in [2.45, 2.75) is 12.8 Å². The average molecular weight is 380 g/mol. The molecule has 23 heavy (non-hydrogen) atoms. The summed E-state index contributed by atoms with van der Waals surface area (Å²) in [6.07, 6.45) is 0.487. The van der Waals surface area contributed by atoms with Crippen molar-refractivity contribution in [3.05, 3.63) is 40.9 Å². The minimum atomic E-state index is -0.857. The van der Waals surface area contributed by atoms with Gasteiger partial charge in [0.1, 0.15) is 5.75 Å². The zero-order valence-electron chi connectivity index (χ0n) is 12.8. The Hall–Kier alpha value is -2.08. The Balaban J connectivity index is 1.88. The molecule has 0 bridgehead atoms. The van der Waals surface area contributed by atoms with Crippen LogP contribution < -0.4 is 4.74 Å². The predicted octanol–water partition coefficient (Wildman–Crippen LogP) is 3.30. The van der Waals surface area contributed by atoms with E-state index in [9.17, 15) is 9.59 Å². The lowest BCUT2D eigenvalue weighted by atomic mass is 10.1. The first kappa shape index (κ1) is 17.3.